The number of unbranched alkanes of at least 4 members (excludes halogenated alkanes) is 4. The van der Waals surface area contributed by atoms with Gasteiger partial charge in [-0.3, -0.25) is 0 Å². The van der Waals surface area contributed by atoms with E-state index >= 15 is 0 Å². The second kappa shape index (κ2) is 13.0. The summed E-state index contributed by atoms with van der Waals surface area (Å²) in [5.41, 5.74) is 2.27. The molecule has 0 aromatic heterocycles. The minimum absolute atomic E-state index is 0.270. The molecule has 2 unspecified atom stereocenters. The van der Waals surface area contributed by atoms with Crippen LogP contribution >= 0.6 is 0 Å². The summed E-state index contributed by atoms with van der Waals surface area (Å²) >= 11 is 0. The highest BCUT2D eigenvalue weighted by Gasteiger charge is 2.19. The predicted octanol–water partition coefficient (Wildman–Crippen LogP) is 7.25. The Morgan fingerprint density at radius 3 is 1.41 bits per heavy atom. The van der Waals surface area contributed by atoms with Gasteiger partial charge in [-0.05, 0) is 38.8 Å². The van der Waals surface area contributed by atoms with Crippen molar-refractivity contribution in [2.75, 3.05) is 13.2 Å². The van der Waals surface area contributed by atoms with Gasteiger partial charge in [0.25, 0.3) is 0 Å². The summed E-state index contributed by atoms with van der Waals surface area (Å²) < 4.78 is 12.6. The molecule has 4 nitrogen and oxygen atoms in total. The van der Waals surface area contributed by atoms with Crippen LogP contribution in [-0.2, 0) is 0 Å². The van der Waals surface area contributed by atoms with Crippen molar-refractivity contribution in [3.63, 3.8) is 0 Å². The van der Waals surface area contributed by atoms with Gasteiger partial charge in [0, 0.05) is 21.5 Å². The highest BCUT2D eigenvalue weighted by atomic mass is 16.5. The lowest BCUT2D eigenvalue weighted by molar-refractivity contribution is 0.0979. The Balaban J connectivity index is 1.97. The number of fused-ring (bicyclic) bond motifs is 2. The number of aryl methyl sites for hydroxylation is 2. The van der Waals surface area contributed by atoms with Gasteiger partial charge in [0.2, 0.25) is 0 Å². The number of rotatable bonds is 14. The highest BCUT2D eigenvalue weighted by molar-refractivity contribution is 6.11. The second-order valence-corrected chi connectivity index (χ2v) is 9.68. The molecule has 186 valence electrons. The highest BCUT2D eigenvalue weighted by Crippen LogP contribution is 2.43. The fourth-order valence-electron chi connectivity index (χ4n) is 4.47. The predicted molar refractivity (Wildman–Crippen MR) is 142 cm³/mol. The van der Waals surface area contributed by atoms with Gasteiger partial charge in [-0.2, -0.15) is 0 Å². The van der Waals surface area contributed by atoms with Crippen LogP contribution in [0.4, 0.5) is 0 Å². The first-order valence-corrected chi connectivity index (χ1v) is 13.0. The van der Waals surface area contributed by atoms with Gasteiger partial charge in [0.05, 0.1) is 12.2 Å². The minimum atomic E-state index is -0.485. The van der Waals surface area contributed by atoms with E-state index < -0.39 is 12.2 Å². The molecule has 3 aromatic rings. The van der Waals surface area contributed by atoms with Gasteiger partial charge in [0.1, 0.15) is 24.7 Å². The number of ether oxygens (including phenoxy) is 2. The topological polar surface area (TPSA) is 58.9 Å². The molecule has 0 spiro atoms. The van der Waals surface area contributed by atoms with Crippen LogP contribution in [0.3, 0.4) is 0 Å². The van der Waals surface area contributed by atoms with Crippen LogP contribution in [0, 0.1) is 13.8 Å². The van der Waals surface area contributed by atoms with Crippen molar-refractivity contribution in [1.29, 1.82) is 0 Å². The zero-order valence-electron chi connectivity index (χ0n) is 21.4. The van der Waals surface area contributed by atoms with E-state index in [4.69, 9.17) is 9.47 Å². The molecule has 2 atom stereocenters. The SMILES string of the molecule is CCCCCC(O)COc1c2ccc(C)cc2c(OCC(O)CCCCC)c2ccc(C)cc12. The monoisotopic (exact) mass is 466 g/mol. The number of benzene rings is 3. The average Bonchev–Trinajstić information content (AvgIpc) is 2.81. The normalized spacial score (nSPS) is 13.4. The zero-order valence-corrected chi connectivity index (χ0v) is 21.4. The van der Waals surface area contributed by atoms with E-state index in [1.165, 1.54) is 0 Å². The summed E-state index contributed by atoms with van der Waals surface area (Å²) in [6, 6.07) is 12.6. The van der Waals surface area contributed by atoms with Crippen LogP contribution in [0.1, 0.15) is 76.3 Å². The Bertz CT molecular complexity index is 973. The summed E-state index contributed by atoms with van der Waals surface area (Å²) in [4.78, 5) is 0. The van der Waals surface area contributed by atoms with Crippen molar-refractivity contribution in [3.05, 3.63) is 47.5 Å². The van der Waals surface area contributed by atoms with E-state index in [-0.39, 0.29) is 13.2 Å². The molecule has 0 aliphatic carbocycles. The average molecular weight is 467 g/mol. The van der Waals surface area contributed by atoms with E-state index in [1.807, 2.05) is 0 Å². The summed E-state index contributed by atoms with van der Waals surface area (Å²) in [7, 11) is 0. The van der Waals surface area contributed by atoms with E-state index in [2.05, 4.69) is 64.1 Å². The van der Waals surface area contributed by atoms with Crippen molar-refractivity contribution in [1.82, 2.24) is 0 Å². The molecule has 0 amide bonds. The first-order valence-electron chi connectivity index (χ1n) is 13.0. The Morgan fingerprint density at radius 1 is 0.618 bits per heavy atom. The second-order valence-electron chi connectivity index (χ2n) is 9.68. The lowest BCUT2D eigenvalue weighted by Gasteiger charge is -2.21. The number of hydrogen-bond acceptors (Lipinski definition) is 4. The molecule has 4 heteroatoms. The van der Waals surface area contributed by atoms with E-state index in [1.54, 1.807) is 0 Å². The summed E-state index contributed by atoms with van der Waals surface area (Å²) in [6.07, 6.45) is 7.06. The van der Waals surface area contributed by atoms with Crippen LogP contribution < -0.4 is 9.47 Å². The molecule has 0 heterocycles. The van der Waals surface area contributed by atoms with Crippen LogP contribution in [0.5, 0.6) is 11.5 Å². The number of aliphatic hydroxyl groups excluding tert-OH is 2. The third kappa shape index (κ3) is 6.86. The molecule has 3 aromatic carbocycles. The van der Waals surface area contributed by atoms with E-state index in [9.17, 15) is 10.2 Å². The van der Waals surface area contributed by atoms with Crippen molar-refractivity contribution >= 4 is 21.5 Å². The molecular weight excluding hydrogens is 424 g/mol. The van der Waals surface area contributed by atoms with Crippen LogP contribution in [0.15, 0.2) is 36.4 Å². The Labute approximate surface area is 204 Å². The molecule has 3 rings (SSSR count). The summed E-state index contributed by atoms with van der Waals surface area (Å²) in [5.74, 6) is 1.58. The maximum Gasteiger partial charge on any atom is 0.135 e. The van der Waals surface area contributed by atoms with Crippen LogP contribution in [-0.4, -0.2) is 35.6 Å². The van der Waals surface area contributed by atoms with Crippen LogP contribution in [0.25, 0.3) is 21.5 Å². The molecule has 0 radical (unpaired) electrons. The fraction of sp³-hybridized carbons (Fsp3) is 0.533. The van der Waals surface area contributed by atoms with Crippen molar-refractivity contribution in [2.24, 2.45) is 0 Å². The molecular formula is C30H42O4. The fourth-order valence-corrected chi connectivity index (χ4v) is 4.47. The molecule has 34 heavy (non-hydrogen) atoms. The van der Waals surface area contributed by atoms with Gasteiger partial charge >= 0.3 is 0 Å². The zero-order chi connectivity index (χ0) is 24.5. The molecule has 0 aliphatic heterocycles. The van der Waals surface area contributed by atoms with Gasteiger partial charge in [-0.25, -0.2) is 0 Å². The Kier molecular flexibility index (Phi) is 10.0. The quantitative estimate of drug-likeness (QED) is 0.194. The van der Waals surface area contributed by atoms with Gasteiger partial charge in [-0.15, -0.1) is 0 Å². The molecule has 0 bridgehead atoms. The first-order chi connectivity index (χ1) is 16.4. The summed E-state index contributed by atoms with van der Waals surface area (Å²) in [5, 5.41) is 24.9. The largest absolute Gasteiger partial charge is 0.490 e. The van der Waals surface area contributed by atoms with Crippen LogP contribution in [0.2, 0.25) is 0 Å². The Morgan fingerprint density at radius 2 is 1.03 bits per heavy atom. The minimum Gasteiger partial charge on any atom is -0.490 e. The van der Waals surface area contributed by atoms with Crippen molar-refractivity contribution < 1.29 is 19.7 Å². The molecule has 0 saturated carbocycles. The van der Waals surface area contributed by atoms with E-state index in [0.717, 1.165) is 95.5 Å². The van der Waals surface area contributed by atoms with Gasteiger partial charge in [-0.1, -0.05) is 87.8 Å². The van der Waals surface area contributed by atoms with Gasteiger partial charge in [0.15, 0.2) is 0 Å². The molecule has 0 fully saturated rings. The third-order valence-electron chi connectivity index (χ3n) is 6.45. The standard InChI is InChI=1S/C30H42O4/c1-5-7-9-11-23(31)19-33-29-25-15-13-22(4)18-28(25)30(26-16-14-21(3)17-27(26)29)34-20-24(32)12-10-8-6-2/h13-18,23-24,31-32H,5-12,19-20H2,1-4H3. The summed E-state index contributed by atoms with van der Waals surface area (Å²) in [6.45, 7) is 9.01. The van der Waals surface area contributed by atoms with Crippen molar-refractivity contribution in [2.45, 2.75) is 91.3 Å². The Hall–Kier alpha value is -2.30. The first kappa shape index (κ1) is 26.3. The lowest BCUT2D eigenvalue weighted by Crippen LogP contribution is -2.18. The van der Waals surface area contributed by atoms with Crippen molar-refractivity contribution in [3.8, 4) is 11.5 Å². The third-order valence-corrected chi connectivity index (χ3v) is 6.45. The maximum atomic E-state index is 10.5. The lowest BCUT2D eigenvalue weighted by atomic mass is 9.97. The smallest absolute Gasteiger partial charge is 0.135 e. The molecule has 0 aliphatic rings. The van der Waals surface area contributed by atoms with Gasteiger partial charge < -0.3 is 19.7 Å². The molecule has 2 N–H and O–H groups in total. The maximum absolute atomic E-state index is 10.5. The molecule has 0 saturated heterocycles. The number of aliphatic hydroxyl groups is 2. The number of hydrogen-bond donors (Lipinski definition) is 2. The van der Waals surface area contributed by atoms with E-state index in [0.29, 0.717) is 0 Å².